The smallest absolute Gasteiger partial charge is 0.313 e. The summed E-state index contributed by atoms with van der Waals surface area (Å²) in [5.41, 5.74) is 10.4. The number of nitrogens with zero attached hydrogens (tertiary/aromatic N) is 1. The lowest BCUT2D eigenvalue weighted by molar-refractivity contribution is -0.203. The maximum atomic E-state index is 16.6. The second-order valence-corrected chi connectivity index (χ2v) is 30.8. The van der Waals surface area contributed by atoms with Crippen LogP contribution in [0.5, 0.6) is 5.75 Å². The van der Waals surface area contributed by atoms with Gasteiger partial charge in [-0.15, -0.1) is 5.92 Å². The zero-order chi connectivity index (χ0) is 59.0. The molecule has 7 fully saturated rings. The van der Waals surface area contributed by atoms with Crippen LogP contribution in [0, 0.1) is 99.6 Å². The Morgan fingerprint density at radius 1 is 0.905 bits per heavy atom. The lowest BCUT2D eigenvalue weighted by Crippen LogP contribution is -2.69. The van der Waals surface area contributed by atoms with E-state index in [9.17, 15) is 35.1 Å². The number of aliphatic hydroxyl groups is 5. The highest BCUT2D eigenvalue weighted by atomic mass is 33.1. The molecule has 10 aliphatic rings. The van der Waals surface area contributed by atoms with E-state index in [1.165, 1.54) is 5.57 Å². The number of ether oxygens (including phenoxy) is 1. The predicted octanol–water partition coefficient (Wildman–Crippen LogP) is 8.05. The zero-order valence-electron chi connectivity index (χ0n) is 49.3. The molecule has 3 heterocycles. The Balaban J connectivity index is 1.03. The third kappa shape index (κ3) is 10.3. The largest absolute Gasteiger partial charge is 0.508 e. The first-order valence-electron chi connectivity index (χ1n) is 31.9. The number of guanidine groups is 1. The van der Waals surface area contributed by atoms with E-state index >= 15 is 9.90 Å². The predicted molar refractivity (Wildman–Crippen MR) is 326 cm³/mol. The molecule has 17 heteroatoms. The molecule has 456 valence electrons. The van der Waals surface area contributed by atoms with Crippen molar-refractivity contribution in [3.63, 3.8) is 0 Å². The molecule has 12 N–H and O–H groups in total. The number of fused-ring (bicyclic) bond motifs is 10. The summed E-state index contributed by atoms with van der Waals surface area (Å²) in [7, 11) is 3.15. The van der Waals surface area contributed by atoms with Gasteiger partial charge in [0.2, 0.25) is 0 Å². The number of rotatable bonds is 7. The van der Waals surface area contributed by atoms with Crippen molar-refractivity contribution < 1.29 is 49.8 Å². The van der Waals surface area contributed by atoms with Crippen LogP contribution < -0.4 is 16.8 Å². The van der Waals surface area contributed by atoms with E-state index in [1.807, 2.05) is 30.6 Å². The fourth-order valence-corrected chi connectivity index (χ4v) is 23.2. The highest BCUT2D eigenvalue weighted by molar-refractivity contribution is 8.76. The minimum Gasteiger partial charge on any atom is -0.508 e. The third-order valence-electron chi connectivity index (χ3n) is 24.0. The van der Waals surface area contributed by atoms with Crippen LogP contribution in [0.2, 0.25) is 0 Å². The number of nitrogens with one attached hydrogen (secondary N) is 2. The van der Waals surface area contributed by atoms with Gasteiger partial charge in [-0.25, -0.2) is 0 Å². The molecule has 8 aliphatic carbocycles. The van der Waals surface area contributed by atoms with E-state index in [0.717, 1.165) is 68.9 Å². The fraction of sp³-hybridized carbons (Fsp3) is 0.701. The molecular formula is C67H91N5O10S2. The average molecular weight is 1190 g/mol. The number of nitrogens with two attached hydrogens (primary N) is 2. The Morgan fingerprint density at radius 3 is 2.43 bits per heavy atom. The topological polar surface area (TPSA) is 274 Å². The normalized spacial score (nSPS) is 43.7. The molecule has 0 radical (unpaired) electrons. The number of H-pyrrole nitrogens is 1. The summed E-state index contributed by atoms with van der Waals surface area (Å²) in [6.07, 6.45) is 13.0. The molecule has 2 aliphatic heterocycles. The molecule has 0 amide bonds. The Bertz CT molecular complexity index is 2950. The van der Waals surface area contributed by atoms with Gasteiger partial charge >= 0.3 is 5.97 Å². The van der Waals surface area contributed by atoms with E-state index in [0.29, 0.717) is 48.2 Å². The summed E-state index contributed by atoms with van der Waals surface area (Å²) < 4.78 is 5.99. The van der Waals surface area contributed by atoms with Gasteiger partial charge in [-0.05, 0) is 178 Å². The number of hydrogen-bond donors (Lipinski definition) is 10. The maximum absolute atomic E-state index is 16.6. The molecule has 15 nitrogen and oxygen atoms in total. The van der Waals surface area contributed by atoms with E-state index in [-0.39, 0.29) is 128 Å². The molecule has 2 bridgehead atoms. The summed E-state index contributed by atoms with van der Waals surface area (Å²) in [5.74, 6) is 4.62. The van der Waals surface area contributed by atoms with Crippen molar-refractivity contribution in [2.45, 2.75) is 171 Å². The molecule has 2 saturated heterocycles. The SMILES string of the molecule is CC1CCC2=CCC3C(C)CC(O)C(C)(O)C4C(CC#CC(C5COC(=O)C5c5cc[nH]c5)CC3C2C1)CC1(O)C2=C3NCC(=O)CC(c5ccc(O)cc5)CSSCC5C(O)C(O)CC(C6CCCC6)(C2CCC41CCN=C(N)N)C5C3=O. The van der Waals surface area contributed by atoms with Crippen LogP contribution in [0.4, 0.5) is 0 Å². The van der Waals surface area contributed by atoms with Gasteiger partial charge in [-0.3, -0.25) is 19.4 Å². The molecule has 21 atom stereocenters. The first kappa shape index (κ1) is 60.0. The fourth-order valence-electron chi connectivity index (χ4n) is 20.4. The minimum atomic E-state index is -1.86. The van der Waals surface area contributed by atoms with Gasteiger partial charge in [0, 0.05) is 84.2 Å². The second-order valence-electron chi connectivity index (χ2n) is 28.3. The number of Topliss-reactive ketones (excluding diaryl/α,β-unsaturated/α-hetero) is 2. The lowest BCUT2D eigenvalue weighted by Gasteiger charge is -2.65. The van der Waals surface area contributed by atoms with Crippen LogP contribution in [-0.4, -0.2) is 120 Å². The lowest BCUT2D eigenvalue weighted by atomic mass is 9.40. The van der Waals surface area contributed by atoms with Gasteiger partial charge in [0.25, 0.3) is 0 Å². The number of benzene rings is 1. The maximum Gasteiger partial charge on any atom is 0.313 e. The number of allylic oxidation sites excluding steroid dienone is 3. The number of aromatic hydroxyl groups is 1. The molecule has 21 unspecified atom stereocenters. The molecular weight excluding hydrogens is 1100 g/mol. The molecule has 12 rings (SSSR count). The zero-order valence-corrected chi connectivity index (χ0v) is 50.9. The first-order chi connectivity index (χ1) is 40.3. The van der Waals surface area contributed by atoms with Crippen molar-refractivity contribution in [3.05, 3.63) is 76.8 Å². The van der Waals surface area contributed by atoms with Crippen LogP contribution in [0.1, 0.15) is 153 Å². The van der Waals surface area contributed by atoms with Gasteiger partial charge < -0.3 is 57.1 Å². The van der Waals surface area contributed by atoms with Crippen molar-refractivity contribution >= 4 is 45.1 Å². The summed E-state index contributed by atoms with van der Waals surface area (Å²) in [6, 6.07) is 8.87. The Labute approximate surface area is 503 Å². The number of aliphatic imine (C=N–C) groups is 1. The van der Waals surface area contributed by atoms with Gasteiger partial charge in [-0.1, -0.05) is 78.0 Å². The second kappa shape index (κ2) is 23.7. The van der Waals surface area contributed by atoms with Crippen molar-refractivity contribution in [3.8, 4) is 17.6 Å². The van der Waals surface area contributed by atoms with Gasteiger partial charge in [-0.2, -0.15) is 0 Å². The number of hydrogen-bond acceptors (Lipinski definition) is 14. The highest BCUT2D eigenvalue weighted by Gasteiger charge is 2.76. The summed E-state index contributed by atoms with van der Waals surface area (Å²) in [5, 5.41) is 80.5. The Morgan fingerprint density at radius 2 is 1.68 bits per heavy atom. The van der Waals surface area contributed by atoms with E-state index in [4.69, 9.17) is 16.2 Å². The highest BCUT2D eigenvalue weighted by Crippen LogP contribution is 2.75. The van der Waals surface area contributed by atoms with E-state index in [2.05, 4.69) is 47.1 Å². The number of phenols is 1. The number of phenolic OH excluding ortho intramolecular Hbond substituents is 1. The van der Waals surface area contributed by atoms with Crippen molar-refractivity contribution in [2.75, 3.05) is 31.2 Å². The summed E-state index contributed by atoms with van der Waals surface area (Å²) in [6.45, 7) is 6.44. The monoisotopic (exact) mass is 1190 g/mol. The summed E-state index contributed by atoms with van der Waals surface area (Å²) >= 11 is 0. The van der Waals surface area contributed by atoms with Crippen LogP contribution in [0.15, 0.2) is 70.6 Å². The molecule has 1 aromatic carbocycles. The molecule has 84 heavy (non-hydrogen) atoms. The number of aromatic amines is 1. The first-order valence-corrected chi connectivity index (χ1v) is 34.3. The number of aliphatic hydroxyl groups excluding tert-OH is 3. The minimum absolute atomic E-state index is 0.00936. The third-order valence-corrected chi connectivity index (χ3v) is 26.6. The van der Waals surface area contributed by atoms with Crippen molar-refractivity contribution in [1.82, 2.24) is 10.3 Å². The molecule has 1 aromatic heterocycles. The number of esters is 1. The van der Waals surface area contributed by atoms with E-state index in [1.54, 1.807) is 40.6 Å². The molecule has 0 spiro atoms. The summed E-state index contributed by atoms with van der Waals surface area (Å²) in [4.78, 5) is 52.9. The Kier molecular flexibility index (Phi) is 16.9. The Hall–Kier alpha value is -4.28. The van der Waals surface area contributed by atoms with Gasteiger partial charge in [0.05, 0.1) is 54.3 Å². The van der Waals surface area contributed by atoms with Crippen LogP contribution in [0.3, 0.4) is 0 Å². The van der Waals surface area contributed by atoms with E-state index < -0.39 is 75.9 Å². The van der Waals surface area contributed by atoms with Crippen LogP contribution in [0.25, 0.3) is 0 Å². The number of ketones is 2. The number of carbonyl (C=O) groups is 3. The van der Waals surface area contributed by atoms with Crippen LogP contribution >= 0.6 is 21.6 Å². The van der Waals surface area contributed by atoms with Gasteiger partial charge in [0.1, 0.15) is 5.75 Å². The van der Waals surface area contributed by atoms with Crippen molar-refractivity contribution in [1.29, 1.82) is 0 Å². The van der Waals surface area contributed by atoms with Gasteiger partial charge in [0.15, 0.2) is 17.5 Å². The standard InChI is InChI=1S/C67H91N5O10S2/c1-36-11-12-39-15-18-47-37(2)26-54(76)64(3,80)61-41(8-6-7-40(28-49(47)48(39)25-36)50-33-82-62(79)55(50)42-20-23-70-31-42)29-67(81)57-52(19-21-65(61,67)22-24-71-63(68)69)66(44-9-4-5-10-44)30-53(75)59(77)51-35-84-83-34-43(38-13-16-45(73)17-14-38)27-46(74)32-72-58(57)60(78)56(51)66/h13-17,20,23,31,36-37,40-41,43-44,47-56,59,61,70,72-73,75-77,80-81H,4-5,8-12,18-19,21-22,24-30,32-35H2,1-3H3,(H4,68,69,71). The van der Waals surface area contributed by atoms with Crippen molar-refractivity contribution in [2.24, 2.45) is 104 Å². The molecule has 5 saturated carbocycles. The average Bonchev–Trinajstić information content (AvgIpc) is 1.30. The van der Waals surface area contributed by atoms with Crippen LogP contribution in [-0.2, 0) is 19.1 Å². The number of aromatic nitrogens is 1. The number of cyclic esters (lactones) is 1. The molecule has 2 aromatic rings. The quantitative estimate of drug-likeness (QED) is 0.0314. The number of carbonyl (C=O) groups excluding carboxylic acids is 3.